The Labute approximate surface area is 305 Å². The third kappa shape index (κ3) is 8.61. The molecule has 5 aromatic heterocycles. The Kier molecular flexibility index (Phi) is 9.96. The third-order valence-electron chi connectivity index (χ3n) is 7.82. The maximum Gasteiger partial charge on any atom is 0.257 e. The van der Waals surface area contributed by atoms with Crippen LogP contribution in [0.3, 0.4) is 0 Å². The number of ether oxygens (including phenoxy) is 2. The van der Waals surface area contributed by atoms with Crippen molar-refractivity contribution in [2.45, 2.75) is 0 Å². The van der Waals surface area contributed by atoms with Gasteiger partial charge in [0.2, 0.25) is 0 Å². The number of aromatic nitrogens is 8. The van der Waals surface area contributed by atoms with Crippen LogP contribution >= 0.6 is 0 Å². The van der Waals surface area contributed by atoms with Gasteiger partial charge in [0.05, 0.1) is 41.4 Å². The largest absolute Gasteiger partial charge is 0.457 e. The molecule has 0 saturated heterocycles. The number of carbonyl (C=O) groups excluding carboxylic acids is 1. The van der Waals surface area contributed by atoms with E-state index in [-0.39, 0.29) is 5.91 Å². The van der Waals surface area contributed by atoms with Crippen molar-refractivity contribution in [3.63, 3.8) is 0 Å². The summed E-state index contributed by atoms with van der Waals surface area (Å²) >= 11 is 0. The summed E-state index contributed by atoms with van der Waals surface area (Å²) in [6, 6.07) is 29.3. The Morgan fingerprint density at radius 2 is 1.28 bits per heavy atom. The molecule has 8 aromatic rings. The average molecular weight is 703 g/mol. The minimum atomic E-state index is -0.223. The van der Waals surface area contributed by atoms with Crippen LogP contribution in [0.15, 0.2) is 153 Å². The molecule has 5 heterocycles. The van der Waals surface area contributed by atoms with Crippen molar-refractivity contribution in [3.8, 4) is 51.2 Å². The molecule has 13 heteroatoms. The van der Waals surface area contributed by atoms with Crippen molar-refractivity contribution < 1.29 is 14.3 Å². The standard InChI is InChI=1S/C25H20N6O2.C15H14N4O/c1-30-16-18(15-28-30)23-14-21(9-10-27-23)33-20-6-4-5-19(13-20)29-25(32)22-7-2-3-8-24(22)31-12-11-26-17-31;1-19-10-11(9-18-19)15-8-14(5-6-17-15)20-13-4-2-3-12(16)7-13/h2-17H,1H3,(H,29,32);2-10H,16H2,1H3. The first-order valence-corrected chi connectivity index (χ1v) is 16.5. The minimum absolute atomic E-state index is 0.223. The number of anilines is 2. The second-order valence-corrected chi connectivity index (χ2v) is 11.8. The highest BCUT2D eigenvalue weighted by Gasteiger charge is 2.13. The van der Waals surface area contributed by atoms with Crippen LogP contribution in [-0.4, -0.2) is 45.0 Å². The van der Waals surface area contributed by atoms with Crippen molar-refractivity contribution in [1.82, 2.24) is 39.1 Å². The number of benzene rings is 3. The number of hydrogen-bond acceptors (Lipinski definition) is 9. The van der Waals surface area contributed by atoms with Gasteiger partial charge in [0, 0.05) is 98.0 Å². The van der Waals surface area contributed by atoms with Gasteiger partial charge in [-0.05, 0) is 48.5 Å². The van der Waals surface area contributed by atoms with Gasteiger partial charge < -0.3 is 25.1 Å². The quantitative estimate of drug-likeness (QED) is 0.145. The van der Waals surface area contributed by atoms with Crippen LogP contribution in [0, 0.1) is 0 Å². The van der Waals surface area contributed by atoms with E-state index in [9.17, 15) is 4.79 Å². The van der Waals surface area contributed by atoms with E-state index in [0.717, 1.165) is 28.2 Å². The van der Waals surface area contributed by atoms with Gasteiger partial charge >= 0.3 is 0 Å². The number of nitrogens with one attached hydrogen (secondary N) is 1. The summed E-state index contributed by atoms with van der Waals surface area (Å²) in [5.41, 5.74) is 11.8. The fourth-order valence-corrected chi connectivity index (χ4v) is 5.35. The number of nitrogen functional groups attached to an aromatic ring is 1. The molecule has 1 amide bonds. The van der Waals surface area contributed by atoms with Crippen molar-refractivity contribution in [3.05, 3.63) is 159 Å². The number of nitrogens with zero attached hydrogens (tertiary/aromatic N) is 8. The molecule has 8 rings (SSSR count). The van der Waals surface area contributed by atoms with Crippen LogP contribution in [0.25, 0.3) is 28.2 Å². The number of pyridine rings is 2. The summed E-state index contributed by atoms with van der Waals surface area (Å²) in [5.74, 6) is 2.42. The molecule has 0 spiro atoms. The first kappa shape index (κ1) is 33.9. The molecule has 0 atom stereocenters. The number of imidazole rings is 1. The van der Waals surface area contributed by atoms with E-state index in [1.54, 1.807) is 81.7 Å². The summed E-state index contributed by atoms with van der Waals surface area (Å²) in [4.78, 5) is 25.8. The first-order chi connectivity index (χ1) is 25.9. The normalized spacial score (nSPS) is 10.6. The van der Waals surface area contributed by atoms with Gasteiger partial charge in [0.25, 0.3) is 5.91 Å². The van der Waals surface area contributed by atoms with Gasteiger partial charge in [0.1, 0.15) is 23.0 Å². The second-order valence-electron chi connectivity index (χ2n) is 11.8. The van der Waals surface area contributed by atoms with Crippen LogP contribution in [0.1, 0.15) is 10.4 Å². The zero-order valence-corrected chi connectivity index (χ0v) is 28.8. The van der Waals surface area contributed by atoms with Crippen molar-refractivity contribution >= 4 is 17.3 Å². The zero-order chi connectivity index (χ0) is 36.6. The predicted octanol–water partition coefficient (Wildman–Crippen LogP) is 7.57. The lowest BCUT2D eigenvalue weighted by molar-refractivity contribution is 0.102. The van der Waals surface area contributed by atoms with E-state index in [1.165, 1.54) is 0 Å². The van der Waals surface area contributed by atoms with Crippen molar-refractivity contribution in [2.24, 2.45) is 14.1 Å². The zero-order valence-electron chi connectivity index (χ0n) is 28.8. The summed E-state index contributed by atoms with van der Waals surface area (Å²) < 4.78 is 17.1. The Bertz CT molecular complexity index is 2470. The lowest BCUT2D eigenvalue weighted by Crippen LogP contribution is -2.14. The van der Waals surface area contributed by atoms with E-state index in [0.29, 0.717) is 39.9 Å². The molecule has 0 aliphatic rings. The molecule has 3 aromatic carbocycles. The monoisotopic (exact) mass is 702 g/mol. The van der Waals surface area contributed by atoms with Gasteiger partial charge in [-0.15, -0.1) is 0 Å². The lowest BCUT2D eigenvalue weighted by Gasteiger charge is -2.12. The summed E-state index contributed by atoms with van der Waals surface area (Å²) in [6.45, 7) is 0. The smallest absolute Gasteiger partial charge is 0.257 e. The summed E-state index contributed by atoms with van der Waals surface area (Å²) in [5, 5.41) is 11.3. The average Bonchev–Trinajstić information content (AvgIpc) is 3.96. The molecule has 3 N–H and O–H groups in total. The number of rotatable bonds is 9. The summed E-state index contributed by atoms with van der Waals surface area (Å²) in [7, 11) is 3.73. The third-order valence-corrected chi connectivity index (χ3v) is 7.82. The highest BCUT2D eigenvalue weighted by Crippen LogP contribution is 2.29. The molecule has 0 bridgehead atoms. The molecule has 0 saturated carbocycles. The second kappa shape index (κ2) is 15.6. The van der Waals surface area contributed by atoms with E-state index in [1.807, 2.05) is 99.3 Å². The van der Waals surface area contributed by atoms with Crippen molar-refractivity contribution in [2.75, 3.05) is 11.1 Å². The van der Waals surface area contributed by atoms with E-state index < -0.39 is 0 Å². The Morgan fingerprint density at radius 3 is 1.87 bits per heavy atom. The fourth-order valence-electron chi connectivity index (χ4n) is 5.35. The van der Waals surface area contributed by atoms with E-state index >= 15 is 0 Å². The Hall–Kier alpha value is -7.54. The SMILES string of the molecule is Cn1cc(-c2cc(Oc3cccc(N)c3)ccn2)cn1.Cn1cc(-c2cc(Oc3cccc(NC(=O)c4ccccc4-n4ccnc4)c3)ccn2)cn1. The number of amides is 1. The fraction of sp³-hybridized carbons (Fsp3) is 0.0500. The molecule has 53 heavy (non-hydrogen) atoms. The molecule has 0 unspecified atom stereocenters. The Morgan fingerprint density at radius 1 is 0.679 bits per heavy atom. The Balaban J connectivity index is 0.000000186. The number of para-hydroxylation sites is 1. The van der Waals surface area contributed by atoms with Gasteiger partial charge in [-0.1, -0.05) is 24.3 Å². The molecule has 13 nitrogen and oxygen atoms in total. The van der Waals surface area contributed by atoms with E-state index in [2.05, 4.69) is 30.5 Å². The highest BCUT2D eigenvalue weighted by atomic mass is 16.5. The molecule has 0 radical (unpaired) electrons. The van der Waals surface area contributed by atoms with E-state index in [4.69, 9.17) is 15.2 Å². The number of aryl methyl sites for hydroxylation is 2. The van der Waals surface area contributed by atoms with Crippen LogP contribution in [-0.2, 0) is 14.1 Å². The van der Waals surface area contributed by atoms with Gasteiger partial charge in [0.15, 0.2) is 0 Å². The number of hydrogen-bond donors (Lipinski definition) is 2. The van der Waals surface area contributed by atoms with Crippen LogP contribution in [0.5, 0.6) is 23.0 Å². The molecule has 0 fully saturated rings. The van der Waals surface area contributed by atoms with Gasteiger partial charge in [-0.3, -0.25) is 24.1 Å². The van der Waals surface area contributed by atoms with Crippen LogP contribution < -0.4 is 20.5 Å². The molecular formula is C40H34N10O3. The molecule has 0 aliphatic heterocycles. The summed E-state index contributed by atoms with van der Waals surface area (Å²) in [6.07, 6.45) is 15.9. The molecular weight excluding hydrogens is 669 g/mol. The highest BCUT2D eigenvalue weighted by molar-refractivity contribution is 6.06. The lowest BCUT2D eigenvalue weighted by atomic mass is 10.1. The van der Waals surface area contributed by atoms with Crippen LogP contribution in [0.2, 0.25) is 0 Å². The van der Waals surface area contributed by atoms with Gasteiger partial charge in [-0.2, -0.15) is 10.2 Å². The van der Waals surface area contributed by atoms with Crippen LogP contribution in [0.4, 0.5) is 11.4 Å². The minimum Gasteiger partial charge on any atom is -0.457 e. The molecule has 262 valence electrons. The molecule has 0 aliphatic carbocycles. The maximum absolute atomic E-state index is 13.0. The predicted molar refractivity (Wildman–Crippen MR) is 202 cm³/mol. The van der Waals surface area contributed by atoms with Crippen molar-refractivity contribution in [1.29, 1.82) is 0 Å². The first-order valence-electron chi connectivity index (χ1n) is 16.5. The maximum atomic E-state index is 13.0. The number of carbonyl (C=O) groups is 1. The van der Waals surface area contributed by atoms with Gasteiger partial charge in [-0.25, -0.2) is 4.98 Å². The number of nitrogens with two attached hydrogens (primary N) is 1. The topological polar surface area (TPSA) is 153 Å².